The van der Waals surface area contributed by atoms with Crippen molar-refractivity contribution in [3.8, 4) is 0 Å². The lowest BCUT2D eigenvalue weighted by Crippen LogP contribution is -2.34. The fraction of sp³-hybridized carbons (Fsp3) is 0.588. The normalized spacial score (nSPS) is 21.2. The van der Waals surface area contributed by atoms with Crippen LogP contribution in [0.15, 0.2) is 33.6 Å². The molecule has 1 heterocycles. The molecule has 1 fully saturated rings. The summed E-state index contributed by atoms with van der Waals surface area (Å²) in [5.74, 6) is 2.61. The molecule has 116 valence electrons. The molecule has 4 heteroatoms. The Hall–Kier alpha value is -0.480. The Balaban J connectivity index is 1.79. The van der Waals surface area contributed by atoms with Crippen molar-refractivity contribution in [3.63, 3.8) is 0 Å². The average Bonchev–Trinajstić information content (AvgIpc) is 2.62. The average molecular weight is 370 g/mol. The van der Waals surface area contributed by atoms with Crippen LogP contribution in [0.1, 0.15) is 33.1 Å². The zero-order chi connectivity index (χ0) is 15.2. The first-order valence-electron chi connectivity index (χ1n) is 7.70. The van der Waals surface area contributed by atoms with Gasteiger partial charge in [0.2, 0.25) is 5.91 Å². The number of amides is 1. The summed E-state index contributed by atoms with van der Waals surface area (Å²) in [7, 11) is 0. The molecule has 1 saturated heterocycles. The lowest BCUT2D eigenvalue weighted by Gasteiger charge is -2.24. The zero-order valence-corrected chi connectivity index (χ0v) is 15.3. The fourth-order valence-corrected chi connectivity index (χ4v) is 3.74. The molecule has 2 atom stereocenters. The van der Waals surface area contributed by atoms with Crippen molar-refractivity contribution < 1.29 is 4.79 Å². The van der Waals surface area contributed by atoms with E-state index in [0.717, 1.165) is 42.6 Å². The molecule has 1 aliphatic heterocycles. The van der Waals surface area contributed by atoms with E-state index in [2.05, 4.69) is 58.9 Å². The second-order valence-corrected chi connectivity index (χ2v) is 8.15. The summed E-state index contributed by atoms with van der Waals surface area (Å²) in [5, 5.41) is 0. The van der Waals surface area contributed by atoms with Crippen LogP contribution in [-0.2, 0) is 4.79 Å². The largest absolute Gasteiger partial charge is 0.342 e. The van der Waals surface area contributed by atoms with Crippen LogP contribution in [0.3, 0.4) is 0 Å². The number of carbonyl (C=O) groups is 1. The standard InChI is InChI=1S/C17H24BrNOS/c1-13-3-8-17(20)19(10-9-13)11-14(2)12-21-16-6-4-15(18)5-7-16/h4-7,13-14H,3,8-12H2,1-2H3. The minimum atomic E-state index is 0.347. The summed E-state index contributed by atoms with van der Waals surface area (Å²) < 4.78 is 1.11. The molecule has 0 aliphatic carbocycles. The Bertz CT molecular complexity index is 462. The first kappa shape index (κ1) is 16.9. The second-order valence-electron chi connectivity index (χ2n) is 6.14. The van der Waals surface area contributed by atoms with Crippen molar-refractivity contribution in [1.29, 1.82) is 0 Å². The first-order chi connectivity index (χ1) is 10.0. The van der Waals surface area contributed by atoms with Gasteiger partial charge >= 0.3 is 0 Å². The first-order valence-corrected chi connectivity index (χ1v) is 9.48. The third kappa shape index (κ3) is 5.67. The predicted molar refractivity (Wildman–Crippen MR) is 93.6 cm³/mol. The lowest BCUT2D eigenvalue weighted by molar-refractivity contribution is -0.131. The highest BCUT2D eigenvalue weighted by molar-refractivity contribution is 9.10. The zero-order valence-electron chi connectivity index (χ0n) is 12.8. The van der Waals surface area contributed by atoms with Crippen LogP contribution in [0.25, 0.3) is 0 Å². The number of rotatable bonds is 5. The quantitative estimate of drug-likeness (QED) is 0.693. The van der Waals surface area contributed by atoms with Crippen LogP contribution in [0.4, 0.5) is 0 Å². The molecule has 2 rings (SSSR count). The highest BCUT2D eigenvalue weighted by Gasteiger charge is 2.21. The Morgan fingerprint density at radius 3 is 2.76 bits per heavy atom. The molecular formula is C17H24BrNOS. The summed E-state index contributed by atoms with van der Waals surface area (Å²) in [5.41, 5.74) is 0. The van der Waals surface area contributed by atoms with Crippen molar-refractivity contribution in [2.24, 2.45) is 11.8 Å². The van der Waals surface area contributed by atoms with E-state index in [1.54, 1.807) is 0 Å². The molecule has 1 aromatic rings. The van der Waals surface area contributed by atoms with Crippen molar-refractivity contribution in [2.75, 3.05) is 18.8 Å². The number of thioether (sulfide) groups is 1. The van der Waals surface area contributed by atoms with Crippen molar-refractivity contribution in [3.05, 3.63) is 28.7 Å². The Morgan fingerprint density at radius 2 is 2.05 bits per heavy atom. The van der Waals surface area contributed by atoms with Gasteiger partial charge in [-0.05, 0) is 48.9 Å². The van der Waals surface area contributed by atoms with Crippen LogP contribution in [0.5, 0.6) is 0 Å². The molecule has 21 heavy (non-hydrogen) atoms. The summed E-state index contributed by atoms with van der Waals surface area (Å²) in [4.78, 5) is 15.5. The van der Waals surface area contributed by atoms with Crippen LogP contribution < -0.4 is 0 Å². The van der Waals surface area contributed by atoms with E-state index < -0.39 is 0 Å². The maximum Gasteiger partial charge on any atom is 0.222 e. The Kier molecular flexibility index (Phi) is 6.62. The van der Waals surface area contributed by atoms with Crippen LogP contribution >= 0.6 is 27.7 Å². The molecule has 2 unspecified atom stereocenters. The van der Waals surface area contributed by atoms with Crippen molar-refractivity contribution >= 4 is 33.6 Å². The van der Waals surface area contributed by atoms with E-state index in [1.807, 2.05) is 11.8 Å². The smallest absolute Gasteiger partial charge is 0.222 e. The number of benzene rings is 1. The second kappa shape index (κ2) is 8.23. The third-order valence-electron chi connectivity index (χ3n) is 3.98. The summed E-state index contributed by atoms with van der Waals surface area (Å²) >= 11 is 5.33. The van der Waals surface area contributed by atoms with Gasteiger partial charge in [0.25, 0.3) is 0 Å². The number of nitrogens with zero attached hydrogens (tertiary/aromatic N) is 1. The van der Waals surface area contributed by atoms with Gasteiger partial charge in [0, 0.05) is 34.6 Å². The maximum absolute atomic E-state index is 12.1. The van der Waals surface area contributed by atoms with Gasteiger partial charge in [-0.1, -0.05) is 29.8 Å². The van der Waals surface area contributed by atoms with Gasteiger partial charge in [0.05, 0.1) is 0 Å². The third-order valence-corrected chi connectivity index (χ3v) is 5.85. The SMILES string of the molecule is CC1CCC(=O)N(CC(C)CSc2ccc(Br)cc2)CC1. The summed E-state index contributed by atoms with van der Waals surface area (Å²) in [6.07, 6.45) is 2.93. The molecule has 0 saturated carbocycles. The van der Waals surface area contributed by atoms with Crippen molar-refractivity contribution in [1.82, 2.24) is 4.90 Å². The van der Waals surface area contributed by atoms with E-state index in [9.17, 15) is 4.79 Å². The monoisotopic (exact) mass is 369 g/mol. The van der Waals surface area contributed by atoms with E-state index in [0.29, 0.717) is 17.7 Å². The number of carbonyl (C=O) groups excluding carboxylic acids is 1. The molecule has 2 nitrogen and oxygen atoms in total. The van der Waals surface area contributed by atoms with Gasteiger partial charge in [-0.3, -0.25) is 4.79 Å². The topological polar surface area (TPSA) is 20.3 Å². The minimum Gasteiger partial charge on any atom is -0.342 e. The van der Waals surface area contributed by atoms with Gasteiger partial charge in [0.1, 0.15) is 0 Å². The highest BCUT2D eigenvalue weighted by Crippen LogP contribution is 2.24. The lowest BCUT2D eigenvalue weighted by atomic mass is 10.0. The number of likely N-dealkylation sites (tertiary alicyclic amines) is 1. The van der Waals surface area contributed by atoms with E-state index >= 15 is 0 Å². The molecule has 0 bridgehead atoms. The van der Waals surface area contributed by atoms with E-state index in [4.69, 9.17) is 0 Å². The van der Waals surface area contributed by atoms with Gasteiger partial charge in [0.15, 0.2) is 0 Å². The van der Waals surface area contributed by atoms with Gasteiger partial charge < -0.3 is 4.90 Å². The number of hydrogen-bond donors (Lipinski definition) is 0. The molecular weight excluding hydrogens is 346 g/mol. The Morgan fingerprint density at radius 1 is 1.33 bits per heavy atom. The molecule has 1 amide bonds. The molecule has 0 spiro atoms. The van der Waals surface area contributed by atoms with Crippen LogP contribution in [-0.4, -0.2) is 29.6 Å². The predicted octanol–water partition coefficient (Wildman–Crippen LogP) is 4.83. The maximum atomic E-state index is 12.1. The summed E-state index contributed by atoms with van der Waals surface area (Å²) in [6.45, 7) is 6.33. The minimum absolute atomic E-state index is 0.347. The number of hydrogen-bond acceptors (Lipinski definition) is 2. The van der Waals surface area contributed by atoms with Gasteiger partial charge in [-0.15, -0.1) is 11.8 Å². The van der Waals surface area contributed by atoms with Gasteiger partial charge in [-0.2, -0.15) is 0 Å². The van der Waals surface area contributed by atoms with Crippen molar-refractivity contribution in [2.45, 2.75) is 38.0 Å². The van der Waals surface area contributed by atoms with Crippen LogP contribution in [0.2, 0.25) is 0 Å². The fourth-order valence-electron chi connectivity index (χ4n) is 2.56. The highest BCUT2D eigenvalue weighted by atomic mass is 79.9. The molecule has 0 aromatic heterocycles. The molecule has 1 aromatic carbocycles. The summed E-state index contributed by atoms with van der Waals surface area (Å²) in [6, 6.07) is 8.43. The van der Waals surface area contributed by atoms with E-state index in [-0.39, 0.29) is 0 Å². The molecule has 0 N–H and O–H groups in total. The molecule has 1 aliphatic rings. The van der Waals surface area contributed by atoms with Gasteiger partial charge in [-0.25, -0.2) is 0 Å². The number of halogens is 1. The van der Waals surface area contributed by atoms with E-state index in [1.165, 1.54) is 4.90 Å². The molecule has 0 radical (unpaired) electrons. The van der Waals surface area contributed by atoms with Crippen LogP contribution in [0, 0.1) is 11.8 Å². The Labute approximate surface area is 140 Å².